The number of benzene rings is 1. The lowest BCUT2D eigenvalue weighted by Crippen LogP contribution is -2.31. The van der Waals surface area contributed by atoms with Crippen LogP contribution in [-0.2, 0) is 0 Å². The first-order valence-electron chi connectivity index (χ1n) is 5.75. The van der Waals surface area contributed by atoms with Gasteiger partial charge in [0.2, 0.25) is 0 Å². The predicted molar refractivity (Wildman–Crippen MR) is 74.5 cm³/mol. The molecule has 0 aliphatic heterocycles. The number of rotatable bonds is 6. The number of hydrogen-bond donors (Lipinski definition) is 2. The van der Waals surface area contributed by atoms with E-state index in [9.17, 15) is 4.39 Å². The Kier molecular flexibility index (Phi) is 5.14. The maximum absolute atomic E-state index is 13.4. The average Bonchev–Trinajstić information content (AvgIpc) is 2.26. The van der Waals surface area contributed by atoms with E-state index in [0.717, 1.165) is 12.8 Å². The van der Waals surface area contributed by atoms with Crippen molar-refractivity contribution in [2.24, 2.45) is 11.1 Å². The molecule has 3 nitrogen and oxygen atoms in total. The van der Waals surface area contributed by atoms with Crippen LogP contribution in [0.5, 0.6) is 5.75 Å². The van der Waals surface area contributed by atoms with Crippen molar-refractivity contribution in [2.75, 3.05) is 6.61 Å². The van der Waals surface area contributed by atoms with Crippen LogP contribution in [0.25, 0.3) is 0 Å². The zero-order chi connectivity index (χ0) is 13.8. The van der Waals surface area contributed by atoms with E-state index in [1.165, 1.54) is 6.07 Å². The number of amidine groups is 1. The minimum absolute atomic E-state index is 0.164. The van der Waals surface area contributed by atoms with Gasteiger partial charge >= 0.3 is 0 Å². The molecule has 0 aliphatic rings. The molecule has 0 spiro atoms. The minimum atomic E-state index is -0.379. The van der Waals surface area contributed by atoms with Gasteiger partial charge in [-0.3, -0.25) is 5.41 Å². The molecule has 0 aliphatic carbocycles. The lowest BCUT2D eigenvalue weighted by Gasteiger charge is -2.22. The second kappa shape index (κ2) is 6.18. The van der Waals surface area contributed by atoms with E-state index in [1.807, 2.05) is 13.8 Å². The molecule has 0 fully saturated rings. The third-order valence-corrected chi connectivity index (χ3v) is 3.32. The van der Waals surface area contributed by atoms with Crippen LogP contribution in [0.15, 0.2) is 22.7 Å². The van der Waals surface area contributed by atoms with Crippen molar-refractivity contribution >= 4 is 21.8 Å². The van der Waals surface area contributed by atoms with Gasteiger partial charge in [0.25, 0.3) is 0 Å². The molecule has 1 aromatic carbocycles. The Morgan fingerprint density at radius 3 is 2.72 bits per heavy atom. The summed E-state index contributed by atoms with van der Waals surface area (Å²) in [4.78, 5) is 0. The fourth-order valence-corrected chi connectivity index (χ4v) is 1.76. The third-order valence-electron chi connectivity index (χ3n) is 2.83. The van der Waals surface area contributed by atoms with Crippen molar-refractivity contribution in [3.05, 3.63) is 28.5 Å². The minimum Gasteiger partial charge on any atom is -0.491 e. The standard InChI is InChI=1S/C13H18BrFN2O/c1-13(2,12(16)17)6-3-7-18-11-5-4-9(14)8-10(11)15/h4-5,8H,3,6-7H2,1-2H3,(H3,16,17). The lowest BCUT2D eigenvalue weighted by molar-refractivity contribution is 0.275. The van der Waals surface area contributed by atoms with Crippen LogP contribution in [0.4, 0.5) is 4.39 Å². The van der Waals surface area contributed by atoms with Crippen molar-refractivity contribution in [3.8, 4) is 5.75 Å². The number of hydrogen-bond acceptors (Lipinski definition) is 2. The molecule has 5 heteroatoms. The van der Waals surface area contributed by atoms with Gasteiger partial charge in [-0.2, -0.15) is 0 Å². The highest BCUT2D eigenvalue weighted by atomic mass is 79.9. The van der Waals surface area contributed by atoms with Crippen LogP contribution >= 0.6 is 15.9 Å². The van der Waals surface area contributed by atoms with E-state index >= 15 is 0 Å². The Morgan fingerprint density at radius 1 is 1.50 bits per heavy atom. The van der Waals surface area contributed by atoms with Gasteiger partial charge in [-0.1, -0.05) is 29.8 Å². The molecule has 0 bridgehead atoms. The Morgan fingerprint density at radius 2 is 2.17 bits per heavy atom. The summed E-state index contributed by atoms with van der Waals surface area (Å²) in [5.41, 5.74) is 5.15. The molecule has 0 unspecified atom stereocenters. The van der Waals surface area contributed by atoms with Gasteiger partial charge in [0.05, 0.1) is 12.4 Å². The molecule has 0 saturated carbocycles. The van der Waals surface area contributed by atoms with Crippen LogP contribution in [0, 0.1) is 16.6 Å². The maximum atomic E-state index is 13.4. The Hall–Kier alpha value is -1.10. The monoisotopic (exact) mass is 316 g/mol. The molecule has 18 heavy (non-hydrogen) atoms. The molecular weight excluding hydrogens is 299 g/mol. The molecule has 0 amide bonds. The second-order valence-electron chi connectivity index (χ2n) is 4.82. The van der Waals surface area contributed by atoms with Crippen LogP contribution in [0.2, 0.25) is 0 Å². The normalized spacial score (nSPS) is 11.3. The summed E-state index contributed by atoms with van der Waals surface area (Å²) in [6.07, 6.45) is 1.46. The summed E-state index contributed by atoms with van der Waals surface area (Å²) < 4.78 is 19.5. The summed E-state index contributed by atoms with van der Waals surface area (Å²) in [5, 5.41) is 7.43. The Balaban J connectivity index is 2.41. The van der Waals surface area contributed by atoms with Crippen molar-refractivity contribution in [2.45, 2.75) is 26.7 Å². The van der Waals surface area contributed by atoms with Crippen molar-refractivity contribution in [1.29, 1.82) is 5.41 Å². The summed E-state index contributed by atoms with van der Waals surface area (Å²) in [6.45, 7) is 4.24. The molecule has 100 valence electrons. The van der Waals surface area contributed by atoms with E-state index in [4.69, 9.17) is 15.9 Å². The maximum Gasteiger partial charge on any atom is 0.166 e. The van der Waals surface area contributed by atoms with Crippen LogP contribution in [-0.4, -0.2) is 12.4 Å². The van der Waals surface area contributed by atoms with Gasteiger partial charge in [-0.25, -0.2) is 4.39 Å². The van der Waals surface area contributed by atoms with Crippen LogP contribution in [0.3, 0.4) is 0 Å². The highest BCUT2D eigenvalue weighted by Crippen LogP contribution is 2.24. The Labute approximate surface area is 115 Å². The van der Waals surface area contributed by atoms with Gasteiger partial charge in [-0.15, -0.1) is 0 Å². The molecule has 0 atom stereocenters. The summed E-state index contributed by atoms with van der Waals surface area (Å²) in [7, 11) is 0. The molecular formula is C13H18BrFN2O. The van der Waals surface area contributed by atoms with Gasteiger partial charge in [0.15, 0.2) is 11.6 Å². The Bertz CT molecular complexity index is 435. The highest BCUT2D eigenvalue weighted by Gasteiger charge is 2.20. The molecule has 0 saturated heterocycles. The predicted octanol–water partition coefficient (Wildman–Crippen LogP) is 3.71. The smallest absolute Gasteiger partial charge is 0.166 e. The fraction of sp³-hybridized carbons (Fsp3) is 0.462. The van der Waals surface area contributed by atoms with Crippen LogP contribution < -0.4 is 10.5 Å². The second-order valence-corrected chi connectivity index (χ2v) is 5.74. The van der Waals surface area contributed by atoms with E-state index in [-0.39, 0.29) is 22.8 Å². The van der Waals surface area contributed by atoms with E-state index in [0.29, 0.717) is 11.1 Å². The molecule has 0 aromatic heterocycles. The first-order valence-corrected chi connectivity index (χ1v) is 6.54. The molecule has 3 N–H and O–H groups in total. The van der Waals surface area contributed by atoms with Gasteiger partial charge in [0.1, 0.15) is 0 Å². The van der Waals surface area contributed by atoms with E-state index in [2.05, 4.69) is 15.9 Å². The van der Waals surface area contributed by atoms with Crippen molar-refractivity contribution in [1.82, 2.24) is 0 Å². The number of nitrogens with one attached hydrogen (secondary N) is 1. The topological polar surface area (TPSA) is 59.1 Å². The number of halogens is 2. The summed E-state index contributed by atoms with van der Waals surface area (Å²) in [5.74, 6) is 0.0337. The zero-order valence-electron chi connectivity index (χ0n) is 10.6. The first-order chi connectivity index (χ1) is 8.33. The van der Waals surface area contributed by atoms with E-state index in [1.54, 1.807) is 12.1 Å². The summed E-state index contributed by atoms with van der Waals surface area (Å²) >= 11 is 3.19. The molecule has 1 aromatic rings. The quantitative estimate of drug-likeness (QED) is 0.477. The van der Waals surface area contributed by atoms with Gasteiger partial charge < -0.3 is 10.5 Å². The average molecular weight is 317 g/mol. The summed E-state index contributed by atoms with van der Waals surface area (Å²) in [6, 6.07) is 4.70. The zero-order valence-corrected chi connectivity index (χ0v) is 12.2. The molecule has 1 rings (SSSR count). The van der Waals surface area contributed by atoms with Crippen molar-refractivity contribution < 1.29 is 9.13 Å². The van der Waals surface area contributed by atoms with Crippen molar-refractivity contribution in [3.63, 3.8) is 0 Å². The molecule has 0 radical (unpaired) electrons. The fourth-order valence-electron chi connectivity index (χ4n) is 1.42. The van der Waals surface area contributed by atoms with Crippen LogP contribution in [0.1, 0.15) is 26.7 Å². The SMILES string of the molecule is CC(C)(CCCOc1ccc(Br)cc1F)C(=N)N. The third kappa shape index (κ3) is 4.29. The number of nitrogens with two attached hydrogens (primary N) is 1. The lowest BCUT2D eigenvalue weighted by atomic mass is 9.87. The van der Waals surface area contributed by atoms with Gasteiger partial charge in [-0.05, 0) is 31.0 Å². The molecule has 0 heterocycles. The first kappa shape index (κ1) is 15.0. The highest BCUT2D eigenvalue weighted by molar-refractivity contribution is 9.10. The largest absolute Gasteiger partial charge is 0.491 e. The number of ether oxygens (including phenoxy) is 1. The van der Waals surface area contributed by atoms with Gasteiger partial charge in [0, 0.05) is 9.89 Å². The van der Waals surface area contributed by atoms with E-state index < -0.39 is 0 Å².